The first-order chi connectivity index (χ1) is 12.7. The first kappa shape index (κ1) is 26.0. The standard InChI is InChI=1S/C18H36O.C2H2N2S3/c1-2-3-4-5-6-7-8-9-10-11-12-13-14-15-16-17-18-19;5-1-2(6)7-4-3-1/h9-10,19H,2-8,11-18H2,1H3;5-6H. The summed E-state index contributed by atoms with van der Waals surface area (Å²) in [7, 11) is 0. The predicted octanol–water partition coefficient (Wildman–Crippen LogP) is 7.13. The van der Waals surface area contributed by atoms with Crippen molar-refractivity contribution in [3.63, 3.8) is 0 Å². The summed E-state index contributed by atoms with van der Waals surface area (Å²) in [5, 5.41) is 12.8. The molecule has 0 bridgehead atoms. The summed E-state index contributed by atoms with van der Waals surface area (Å²) in [6.07, 6.45) is 23.2. The molecule has 152 valence electrons. The molecule has 6 heteroatoms. The highest BCUT2D eigenvalue weighted by Gasteiger charge is 1.94. The molecule has 0 radical (unpaired) electrons. The maximum Gasteiger partial charge on any atom is 0.142 e. The van der Waals surface area contributed by atoms with Crippen LogP contribution in [0.2, 0.25) is 0 Å². The second kappa shape index (κ2) is 21.3. The van der Waals surface area contributed by atoms with Crippen molar-refractivity contribution in [3.8, 4) is 0 Å². The summed E-state index contributed by atoms with van der Waals surface area (Å²) < 4.78 is 4.33. The fourth-order valence-electron chi connectivity index (χ4n) is 2.54. The number of rotatable bonds is 15. The lowest BCUT2D eigenvalue weighted by atomic mass is 10.1. The summed E-state index contributed by atoms with van der Waals surface area (Å²) in [5.74, 6) is 0. The summed E-state index contributed by atoms with van der Waals surface area (Å²) in [6, 6.07) is 0. The lowest BCUT2D eigenvalue weighted by Crippen LogP contribution is -1.83. The van der Waals surface area contributed by atoms with E-state index < -0.39 is 0 Å². The summed E-state index contributed by atoms with van der Waals surface area (Å²) in [6.45, 7) is 2.64. The highest BCUT2D eigenvalue weighted by atomic mass is 32.2. The van der Waals surface area contributed by atoms with Crippen molar-refractivity contribution >= 4 is 36.8 Å². The van der Waals surface area contributed by atoms with E-state index in [2.05, 4.69) is 53.9 Å². The molecule has 1 heterocycles. The Morgan fingerprint density at radius 2 is 1.31 bits per heavy atom. The molecule has 26 heavy (non-hydrogen) atoms. The van der Waals surface area contributed by atoms with Gasteiger partial charge in [0.15, 0.2) is 0 Å². The van der Waals surface area contributed by atoms with Crippen molar-refractivity contribution in [2.45, 2.75) is 106 Å². The molecule has 0 aliphatic rings. The van der Waals surface area contributed by atoms with Crippen LogP contribution in [0.4, 0.5) is 0 Å². The molecule has 0 unspecified atom stereocenters. The van der Waals surface area contributed by atoms with Gasteiger partial charge in [0.1, 0.15) is 9.24 Å². The van der Waals surface area contributed by atoms with Crippen LogP contribution in [-0.2, 0) is 0 Å². The maximum absolute atomic E-state index is 8.66. The van der Waals surface area contributed by atoms with Gasteiger partial charge in [-0.05, 0) is 43.6 Å². The molecule has 1 aromatic heterocycles. The van der Waals surface area contributed by atoms with Crippen LogP contribution in [0, 0.1) is 0 Å². The lowest BCUT2D eigenvalue weighted by molar-refractivity contribution is 0.282. The van der Waals surface area contributed by atoms with Crippen molar-refractivity contribution < 1.29 is 5.11 Å². The molecule has 1 aromatic rings. The van der Waals surface area contributed by atoms with E-state index in [0.29, 0.717) is 11.6 Å². The molecule has 0 fully saturated rings. The third-order valence-corrected chi connectivity index (χ3v) is 5.75. The van der Waals surface area contributed by atoms with Crippen LogP contribution in [0.3, 0.4) is 0 Å². The molecule has 3 nitrogen and oxygen atoms in total. The van der Waals surface area contributed by atoms with Gasteiger partial charge >= 0.3 is 0 Å². The monoisotopic (exact) mass is 418 g/mol. The first-order valence-electron chi connectivity index (χ1n) is 10.2. The summed E-state index contributed by atoms with van der Waals surface area (Å²) in [4.78, 5) is 0. The van der Waals surface area contributed by atoms with Crippen LogP contribution in [0.25, 0.3) is 0 Å². The molecule has 0 atom stereocenters. The number of thiol groups is 2. The van der Waals surface area contributed by atoms with Crippen LogP contribution in [0.5, 0.6) is 0 Å². The third kappa shape index (κ3) is 18.7. The van der Waals surface area contributed by atoms with Crippen LogP contribution >= 0.6 is 36.8 Å². The first-order valence-corrected chi connectivity index (χ1v) is 11.8. The minimum atomic E-state index is 0.362. The van der Waals surface area contributed by atoms with E-state index in [0.717, 1.165) is 10.6 Å². The van der Waals surface area contributed by atoms with Gasteiger partial charge < -0.3 is 5.11 Å². The largest absolute Gasteiger partial charge is 0.396 e. The Kier molecular flexibility index (Phi) is 21.2. The zero-order chi connectivity index (χ0) is 19.3. The van der Waals surface area contributed by atoms with E-state index in [-0.39, 0.29) is 0 Å². The molecular formula is C20H38N2OS3. The number of aliphatic hydroxyl groups is 1. The Labute approximate surface area is 176 Å². The molecule has 0 saturated carbocycles. The topological polar surface area (TPSA) is 46.0 Å². The maximum atomic E-state index is 8.66. The molecule has 0 aliphatic carbocycles. The number of aromatic nitrogens is 2. The van der Waals surface area contributed by atoms with Crippen molar-refractivity contribution in [1.82, 2.24) is 9.59 Å². The molecule has 0 saturated heterocycles. The highest BCUT2D eigenvalue weighted by molar-refractivity contribution is 7.85. The van der Waals surface area contributed by atoms with Crippen LogP contribution < -0.4 is 0 Å². The minimum Gasteiger partial charge on any atom is -0.396 e. The van der Waals surface area contributed by atoms with E-state index in [4.69, 9.17) is 5.11 Å². The van der Waals surface area contributed by atoms with Gasteiger partial charge in [-0.25, -0.2) is 0 Å². The SMILES string of the molecule is CCCCCCCCC=CCCCCCCCCO.Sc1nnsc1S. The van der Waals surface area contributed by atoms with Gasteiger partial charge in [-0.2, -0.15) is 0 Å². The lowest BCUT2D eigenvalue weighted by Gasteiger charge is -1.99. The van der Waals surface area contributed by atoms with Gasteiger partial charge in [0.05, 0.1) is 0 Å². The van der Waals surface area contributed by atoms with Gasteiger partial charge in [0, 0.05) is 6.61 Å². The molecule has 0 amide bonds. The normalized spacial score (nSPS) is 10.9. The highest BCUT2D eigenvalue weighted by Crippen LogP contribution is 2.17. The van der Waals surface area contributed by atoms with Gasteiger partial charge in [-0.15, -0.1) is 30.4 Å². The molecule has 0 aromatic carbocycles. The number of nitrogens with zero attached hydrogens (tertiary/aromatic N) is 2. The average molecular weight is 419 g/mol. The number of hydrogen-bond donors (Lipinski definition) is 3. The fourth-order valence-corrected chi connectivity index (χ4v) is 3.24. The quantitative estimate of drug-likeness (QED) is 0.161. The van der Waals surface area contributed by atoms with Gasteiger partial charge in [0.25, 0.3) is 0 Å². The van der Waals surface area contributed by atoms with Crippen LogP contribution in [0.1, 0.15) is 96.8 Å². The predicted molar refractivity (Wildman–Crippen MR) is 121 cm³/mol. The Bertz CT molecular complexity index is 408. The summed E-state index contributed by atoms with van der Waals surface area (Å²) >= 11 is 9.11. The second-order valence-electron chi connectivity index (χ2n) is 6.56. The number of allylic oxidation sites excluding steroid dienone is 2. The van der Waals surface area contributed by atoms with E-state index in [9.17, 15) is 0 Å². The van der Waals surface area contributed by atoms with E-state index in [1.54, 1.807) is 0 Å². The molecule has 0 spiro atoms. The zero-order valence-electron chi connectivity index (χ0n) is 16.4. The Hall–Kier alpha value is -0.0400. The number of unbranched alkanes of at least 4 members (excludes halogenated alkanes) is 12. The second-order valence-corrected chi connectivity index (χ2v) is 8.49. The van der Waals surface area contributed by atoms with Crippen LogP contribution in [-0.4, -0.2) is 21.3 Å². The number of aliphatic hydroxyl groups excluding tert-OH is 1. The fraction of sp³-hybridized carbons (Fsp3) is 0.800. The smallest absolute Gasteiger partial charge is 0.142 e. The van der Waals surface area contributed by atoms with Gasteiger partial charge in [-0.3, -0.25) is 0 Å². The Morgan fingerprint density at radius 3 is 1.69 bits per heavy atom. The van der Waals surface area contributed by atoms with Crippen molar-refractivity contribution in [1.29, 1.82) is 0 Å². The van der Waals surface area contributed by atoms with Crippen molar-refractivity contribution in [2.75, 3.05) is 6.61 Å². The zero-order valence-corrected chi connectivity index (χ0v) is 19.0. The molecular weight excluding hydrogens is 380 g/mol. The van der Waals surface area contributed by atoms with E-state index >= 15 is 0 Å². The summed E-state index contributed by atoms with van der Waals surface area (Å²) in [5.41, 5.74) is 0. The average Bonchev–Trinajstić information content (AvgIpc) is 3.02. The molecule has 0 aliphatic heterocycles. The third-order valence-electron chi connectivity index (χ3n) is 4.12. The minimum absolute atomic E-state index is 0.362. The van der Waals surface area contributed by atoms with Crippen LogP contribution in [0.15, 0.2) is 21.4 Å². The molecule has 1 rings (SSSR count). The van der Waals surface area contributed by atoms with Crippen molar-refractivity contribution in [2.24, 2.45) is 0 Å². The van der Waals surface area contributed by atoms with E-state index in [1.807, 2.05) is 0 Å². The van der Waals surface area contributed by atoms with Gasteiger partial charge in [0.2, 0.25) is 0 Å². The Morgan fingerprint density at radius 1 is 0.808 bits per heavy atom. The molecule has 1 N–H and O–H groups in total. The van der Waals surface area contributed by atoms with Crippen molar-refractivity contribution in [3.05, 3.63) is 12.2 Å². The Balaban J connectivity index is 0.000000735. The van der Waals surface area contributed by atoms with Gasteiger partial charge in [-0.1, -0.05) is 81.4 Å². The number of hydrogen-bond acceptors (Lipinski definition) is 6. The van der Waals surface area contributed by atoms with E-state index in [1.165, 1.54) is 95.0 Å².